The zero-order valence-corrected chi connectivity index (χ0v) is 12.3. The molecule has 22 heavy (non-hydrogen) atoms. The minimum atomic E-state index is -0.968. The van der Waals surface area contributed by atoms with E-state index in [1.807, 2.05) is 0 Å². The second kappa shape index (κ2) is 5.69. The number of carbonyl (C=O) groups excluding carboxylic acids is 1. The maximum Gasteiger partial charge on any atom is 0.335 e. The predicted octanol–water partition coefficient (Wildman–Crippen LogP) is 3.00. The maximum atomic E-state index is 12.2. The first-order chi connectivity index (χ1) is 10.5. The lowest BCUT2D eigenvalue weighted by atomic mass is 10.1. The molecule has 0 spiro atoms. The summed E-state index contributed by atoms with van der Waals surface area (Å²) in [6, 6.07) is 11.8. The number of nitrogens with one attached hydrogen (secondary N) is 1. The molecule has 1 heterocycles. The van der Waals surface area contributed by atoms with Crippen molar-refractivity contribution in [3.05, 3.63) is 58.6 Å². The second-order valence-corrected chi connectivity index (χ2v) is 5.43. The Kier molecular flexibility index (Phi) is 3.73. The van der Waals surface area contributed by atoms with Crippen LogP contribution in [-0.2, 0) is 11.3 Å². The quantitative estimate of drug-likeness (QED) is 0.913. The molecule has 1 amide bonds. The van der Waals surface area contributed by atoms with Gasteiger partial charge in [-0.1, -0.05) is 23.7 Å². The third kappa shape index (κ3) is 2.76. The number of nitrogens with zero attached hydrogens (tertiary/aromatic N) is 1. The number of amides is 1. The highest BCUT2D eigenvalue weighted by atomic mass is 35.5. The summed E-state index contributed by atoms with van der Waals surface area (Å²) in [7, 11) is 0. The third-order valence-electron chi connectivity index (χ3n) is 3.52. The van der Waals surface area contributed by atoms with Crippen LogP contribution in [0, 0.1) is 0 Å². The SMILES string of the molecule is O=C(O)c1ccc(CN2C(=O)CNc3cc(Cl)ccc32)cc1. The molecular formula is C16H13ClN2O3. The number of halogens is 1. The fourth-order valence-electron chi connectivity index (χ4n) is 2.39. The molecule has 1 aliphatic heterocycles. The number of hydrogen-bond donors (Lipinski definition) is 2. The van der Waals surface area contributed by atoms with Crippen LogP contribution in [0.4, 0.5) is 11.4 Å². The molecule has 0 aromatic heterocycles. The van der Waals surface area contributed by atoms with E-state index in [0.717, 1.165) is 16.9 Å². The Labute approximate surface area is 132 Å². The number of carboxylic acid groups (broad SMARTS) is 1. The van der Waals surface area contributed by atoms with Gasteiger partial charge in [0.05, 0.1) is 30.0 Å². The van der Waals surface area contributed by atoms with Gasteiger partial charge < -0.3 is 15.3 Å². The predicted molar refractivity (Wildman–Crippen MR) is 84.5 cm³/mol. The van der Waals surface area contributed by atoms with Crippen LogP contribution in [0.5, 0.6) is 0 Å². The van der Waals surface area contributed by atoms with E-state index in [9.17, 15) is 9.59 Å². The van der Waals surface area contributed by atoms with Crippen LogP contribution in [-0.4, -0.2) is 23.5 Å². The Morgan fingerprint density at radius 2 is 1.95 bits per heavy atom. The largest absolute Gasteiger partial charge is 0.478 e. The highest BCUT2D eigenvalue weighted by molar-refractivity contribution is 6.31. The van der Waals surface area contributed by atoms with Crippen LogP contribution in [0.1, 0.15) is 15.9 Å². The Balaban J connectivity index is 1.88. The van der Waals surface area contributed by atoms with E-state index in [1.54, 1.807) is 35.2 Å². The molecular weight excluding hydrogens is 304 g/mol. The number of hydrogen-bond acceptors (Lipinski definition) is 3. The summed E-state index contributed by atoms with van der Waals surface area (Å²) in [6.45, 7) is 0.593. The smallest absolute Gasteiger partial charge is 0.335 e. The first-order valence-corrected chi connectivity index (χ1v) is 7.08. The number of benzene rings is 2. The number of anilines is 2. The van der Waals surface area contributed by atoms with Crippen LogP contribution in [0.3, 0.4) is 0 Å². The summed E-state index contributed by atoms with van der Waals surface area (Å²) < 4.78 is 0. The fourth-order valence-corrected chi connectivity index (χ4v) is 2.57. The molecule has 0 fully saturated rings. The van der Waals surface area contributed by atoms with Gasteiger partial charge in [0.1, 0.15) is 0 Å². The summed E-state index contributed by atoms with van der Waals surface area (Å²) in [5.74, 6) is -1.01. The molecule has 0 atom stereocenters. The summed E-state index contributed by atoms with van der Waals surface area (Å²) in [5, 5.41) is 12.6. The van der Waals surface area contributed by atoms with Crippen LogP contribution in [0.25, 0.3) is 0 Å². The van der Waals surface area contributed by atoms with Crippen molar-refractivity contribution in [3.63, 3.8) is 0 Å². The lowest BCUT2D eigenvalue weighted by Crippen LogP contribution is -2.39. The van der Waals surface area contributed by atoms with Gasteiger partial charge in [0.2, 0.25) is 5.91 Å². The van der Waals surface area contributed by atoms with E-state index in [4.69, 9.17) is 16.7 Å². The Morgan fingerprint density at radius 1 is 1.23 bits per heavy atom. The summed E-state index contributed by atoms with van der Waals surface area (Å²) in [4.78, 5) is 24.7. The molecule has 0 aliphatic carbocycles. The van der Waals surface area contributed by atoms with Crippen molar-refractivity contribution in [1.82, 2.24) is 0 Å². The first kappa shape index (κ1) is 14.4. The Bertz CT molecular complexity index is 744. The molecule has 2 aromatic carbocycles. The van der Waals surface area contributed by atoms with Crippen LogP contribution >= 0.6 is 11.6 Å². The Morgan fingerprint density at radius 3 is 2.64 bits per heavy atom. The van der Waals surface area contributed by atoms with E-state index in [-0.39, 0.29) is 18.0 Å². The zero-order valence-electron chi connectivity index (χ0n) is 11.5. The molecule has 0 saturated heterocycles. The topological polar surface area (TPSA) is 69.6 Å². The van der Waals surface area contributed by atoms with Crippen LogP contribution < -0.4 is 10.2 Å². The van der Waals surface area contributed by atoms with Gasteiger partial charge in [-0.05, 0) is 35.9 Å². The molecule has 3 rings (SSSR count). The molecule has 6 heteroatoms. The average Bonchev–Trinajstić information content (AvgIpc) is 2.50. The molecule has 0 radical (unpaired) electrons. The zero-order chi connectivity index (χ0) is 15.7. The van der Waals surface area contributed by atoms with E-state index >= 15 is 0 Å². The van der Waals surface area contributed by atoms with E-state index < -0.39 is 5.97 Å². The monoisotopic (exact) mass is 316 g/mol. The van der Waals surface area contributed by atoms with Gasteiger partial charge in [-0.3, -0.25) is 4.79 Å². The summed E-state index contributed by atoms with van der Waals surface area (Å²) >= 11 is 5.97. The number of carboxylic acids is 1. The Hall–Kier alpha value is -2.53. The minimum Gasteiger partial charge on any atom is -0.478 e. The van der Waals surface area contributed by atoms with Gasteiger partial charge in [0.25, 0.3) is 0 Å². The van der Waals surface area contributed by atoms with Crippen molar-refractivity contribution in [3.8, 4) is 0 Å². The normalized spacial score (nSPS) is 13.5. The van der Waals surface area contributed by atoms with Crippen molar-refractivity contribution in [2.75, 3.05) is 16.8 Å². The summed E-state index contributed by atoms with van der Waals surface area (Å²) in [5.41, 5.74) is 2.67. The molecule has 2 N–H and O–H groups in total. The van der Waals surface area contributed by atoms with E-state index in [0.29, 0.717) is 11.6 Å². The number of rotatable bonds is 3. The number of fused-ring (bicyclic) bond motifs is 1. The van der Waals surface area contributed by atoms with Crippen LogP contribution in [0.2, 0.25) is 5.02 Å². The van der Waals surface area contributed by atoms with Gasteiger partial charge in [-0.25, -0.2) is 4.79 Å². The summed E-state index contributed by atoms with van der Waals surface area (Å²) in [6.07, 6.45) is 0. The van der Waals surface area contributed by atoms with Crippen LogP contribution in [0.15, 0.2) is 42.5 Å². The standard InChI is InChI=1S/C16H13ClN2O3/c17-12-5-6-14-13(7-12)18-8-15(20)19(14)9-10-1-3-11(4-2-10)16(21)22/h1-7,18H,8-9H2,(H,21,22). The molecule has 1 aliphatic rings. The van der Waals surface area contributed by atoms with Gasteiger partial charge >= 0.3 is 5.97 Å². The fraction of sp³-hybridized carbons (Fsp3) is 0.125. The molecule has 112 valence electrons. The van der Waals surface area contributed by atoms with Gasteiger partial charge in [-0.2, -0.15) is 0 Å². The van der Waals surface area contributed by atoms with Gasteiger partial charge in [-0.15, -0.1) is 0 Å². The molecule has 0 saturated carbocycles. The van der Waals surface area contributed by atoms with E-state index in [2.05, 4.69) is 5.32 Å². The number of aromatic carboxylic acids is 1. The van der Waals surface area contributed by atoms with Crippen molar-refractivity contribution in [2.45, 2.75) is 6.54 Å². The van der Waals surface area contributed by atoms with Crippen molar-refractivity contribution in [2.24, 2.45) is 0 Å². The van der Waals surface area contributed by atoms with Gasteiger partial charge in [0, 0.05) is 5.02 Å². The molecule has 0 bridgehead atoms. The third-order valence-corrected chi connectivity index (χ3v) is 3.76. The van der Waals surface area contributed by atoms with Gasteiger partial charge in [0.15, 0.2) is 0 Å². The maximum absolute atomic E-state index is 12.2. The first-order valence-electron chi connectivity index (χ1n) is 6.70. The average molecular weight is 317 g/mol. The lowest BCUT2D eigenvalue weighted by molar-refractivity contribution is -0.117. The number of carbonyl (C=O) groups is 2. The van der Waals surface area contributed by atoms with Crippen molar-refractivity contribution in [1.29, 1.82) is 0 Å². The van der Waals surface area contributed by atoms with E-state index in [1.165, 1.54) is 12.1 Å². The second-order valence-electron chi connectivity index (χ2n) is 5.00. The molecule has 0 unspecified atom stereocenters. The van der Waals surface area contributed by atoms with Crippen molar-refractivity contribution >= 4 is 34.9 Å². The highest BCUT2D eigenvalue weighted by Gasteiger charge is 2.24. The molecule has 2 aromatic rings. The van der Waals surface area contributed by atoms with Crippen molar-refractivity contribution < 1.29 is 14.7 Å². The minimum absolute atomic E-state index is 0.0443. The molecule has 5 nitrogen and oxygen atoms in total. The lowest BCUT2D eigenvalue weighted by Gasteiger charge is -2.30. The highest BCUT2D eigenvalue weighted by Crippen LogP contribution is 2.33.